The predicted molar refractivity (Wildman–Crippen MR) is 104 cm³/mol. The molecule has 0 atom stereocenters. The third-order valence-electron chi connectivity index (χ3n) is 3.96. The van der Waals surface area contributed by atoms with Crippen LogP contribution in [0.3, 0.4) is 0 Å². The molecule has 0 saturated carbocycles. The highest BCUT2D eigenvalue weighted by Gasteiger charge is 2.13. The SMILES string of the molecule is CCN(CC(=O)NCc1ccc(F)cc1)CC(=O)NCc1cccc(Cl)c1. The van der Waals surface area contributed by atoms with E-state index in [9.17, 15) is 14.0 Å². The molecular formula is C20H23ClFN3O2. The Labute approximate surface area is 163 Å². The van der Waals surface area contributed by atoms with Gasteiger partial charge < -0.3 is 10.6 Å². The zero-order chi connectivity index (χ0) is 19.6. The van der Waals surface area contributed by atoms with Gasteiger partial charge in [-0.1, -0.05) is 42.8 Å². The van der Waals surface area contributed by atoms with Crippen molar-refractivity contribution in [3.8, 4) is 0 Å². The number of nitrogens with one attached hydrogen (secondary N) is 2. The highest BCUT2D eigenvalue weighted by molar-refractivity contribution is 6.30. The molecule has 0 aliphatic rings. The Hall–Kier alpha value is -2.44. The molecular weight excluding hydrogens is 369 g/mol. The van der Waals surface area contributed by atoms with Crippen LogP contribution in [0.25, 0.3) is 0 Å². The van der Waals surface area contributed by atoms with Crippen LogP contribution in [0, 0.1) is 5.82 Å². The first-order chi connectivity index (χ1) is 13.0. The summed E-state index contributed by atoms with van der Waals surface area (Å²) in [5.74, 6) is -0.669. The van der Waals surface area contributed by atoms with Crippen molar-refractivity contribution in [2.24, 2.45) is 0 Å². The first kappa shape index (κ1) is 20.9. The molecule has 2 aromatic carbocycles. The molecule has 27 heavy (non-hydrogen) atoms. The lowest BCUT2D eigenvalue weighted by atomic mass is 10.2. The fourth-order valence-electron chi connectivity index (χ4n) is 2.45. The van der Waals surface area contributed by atoms with E-state index in [1.165, 1.54) is 12.1 Å². The first-order valence-electron chi connectivity index (χ1n) is 8.71. The van der Waals surface area contributed by atoms with Crippen molar-refractivity contribution in [1.82, 2.24) is 15.5 Å². The summed E-state index contributed by atoms with van der Waals surface area (Å²) in [4.78, 5) is 25.9. The third kappa shape index (κ3) is 7.76. The second kappa shape index (κ2) is 10.6. The Balaban J connectivity index is 1.73. The third-order valence-corrected chi connectivity index (χ3v) is 4.20. The van der Waals surface area contributed by atoms with Crippen molar-refractivity contribution in [3.05, 3.63) is 70.5 Å². The van der Waals surface area contributed by atoms with Crippen LogP contribution in [0.15, 0.2) is 48.5 Å². The van der Waals surface area contributed by atoms with Crippen LogP contribution in [0.5, 0.6) is 0 Å². The molecule has 0 aromatic heterocycles. The molecule has 2 amide bonds. The van der Waals surface area contributed by atoms with Gasteiger partial charge in [0.15, 0.2) is 0 Å². The van der Waals surface area contributed by atoms with Gasteiger partial charge in [-0.15, -0.1) is 0 Å². The van der Waals surface area contributed by atoms with E-state index >= 15 is 0 Å². The van der Waals surface area contributed by atoms with E-state index < -0.39 is 0 Å². The minimum absolute atomic E-state index is 0.113. The summed E-state index contributed by atoms with van der Waals surface area (Å²) in [6.45, 7) is 3.39. The van der Waals surface area contributed by atoms with Crippen LogP contribution in [0.1, 0.15) is 18.1 Å². The van der Waals surface area contributed by atoms with E-state index in [2.05, 4.69) is 10.6 Å². The number of likely N-dealkylation sites (N-methyl/N-ethyl adjacent to an activating group) is 1. The number of nitrogens with zero attached hydrogens (tertiary/aromatic N) is 1. The van der Waals surface area contributed by atoms with Gasteiger partial charge >= 0.3 is 0 Å². The molecule has 0 radical (unpaired) electrons. The zero-order valence-corrected chi connectivity index (χ0v) is 15.9. The lowest BCUT2D eigenvalue weighted by molar-refractivity contribution is -0.125. The van der Waals surface area contributed by atoms with Crippen molar-refractivity contribution >= 4 is 23.4 Å². The second-order valence-corrected chi connectivity index (χ2v) is 6.55. The fourth-order valence-corrected chi connectivity index (χ4v) is 2.66. The maximum absolute atomic E-state index is 12.9. The minimum atomic E-state index is -0.314. The van der Waals surface area contributed by atoms with E-state index in [0.29, 0.717) is 24.7 Å². The number of hydrogen-bond donors (Lipinski definition) is 2. The van der Waals surface area contributed by atoms with E-state index in [0.717, 1.165) is 11.1 Å². The Morgan fingerprint density at radius 1 is 0.963 bits per heavy atom. The molecule has 2 aromatic rings. The van der Waals surface area contributed by atoms with E-state index in [-0.39, 0.29) is 30.7 Å². The Morgan fingerprint density at radius 3 is 2.11 bits per heavy atom. The normalized spacial score (nSPS) is 10.7. The van der Waals surface area contributed by atoms with Gasteiger partial charge in [0.2, 0.25) is 11.8 Å². The molecule has 0 unspecified atom stereocenters. The summed E-state index contributed by atoms with van der Waals surface area (Å²) in [5.41, 5.74) is 1.73. The summed E-state index contributed by atoms with van der Waals surface area (Å²) in [7, 11) is 0. The van der Waals surface area contributed by atoms with Crippen molar-refractivity contribution in [2.45, 2.75) is 20.0 Å². The molecule has 7 heteroatoms. The van der Waals surface area contributed by atoms with Gasteiger partial charge in [0.1, 0.15) is 5.82 Å². The molecule has 0 fully saturated rings. The van der Waals surface area contributed by atoms with Crippen molar-refractivity contribution < 1.29 is 14.0 Å². The summed E-state index contributed by atoms with van der Waals surface area (Å²) >= 11 is 5.92. The number of halogens is 2. The molecule has 0 aliphatic heterocycles. The topological polar surface area (TPSA) is 61.4 Å². The quantitative estimate of drug-likeness (QED) is 0.691. The van der Waals surface area contributed by atoms with Crippen LogP contribution < -0.4 is 10.6 Å². The van der Waals surface area contributed by atoms with E-state index in [1.54, 1.807) is 29.2 Å². The number of hydrogen-bond acceptors (Lipinski definition) is 3. The van der Waals surface area contributed by atoms with Gasteiger partial charge in [0, 0.05) is 18.1 Å². The number of carbonyl (C=O) groups excluding carboxylic acids is 2. The van der Waals surface area contributed by atoms with E-state index in [4.69, 9.17) is 11.6 Å². The number of rotatable bonds is 9. The summed E-state index contributed by atoms with van der Waals surface area (Å²) in [6, 6.07) is 13.2. The van der Waals surface area contributed by atoms with Crippen LogP contribution in [-0.2, 0) is 22.7 Å². The van der Waals surface area contributed by atoms with Crippen LogP contribution in [0.4, 0.5) is 4.39 Å². The monoisotopic (exact) mass is 391 g/mol. The summed E-state index contributed by atoms with van der Waals surface area (Å²) < 4.78 is 12.9. The lowest BCUT2D eigenvalue weighted by Gasteiger charge is -2.19. The average Bonchev–Trinajstić information content (AvgIpc) is 2.65. The van der Waals surface area contributed by atoms with Crippen LogP contribution in [-0.4, -0.2) is 36.3 Å². The molecule has 144 valence electrons. The number of amides is 2. The maximum atomic E-state index is 12.9. The van der Waals surface area contributed by atoms with Crippen molar-refractivity contribution in [3.63, 3.8) is 0 Å². The maximum Gasteiger partial charge on any atom is 0.234 e. The first-order valence-corrected chi connectivity index (χ1v) is 9.08. The standard InChI is InChI=1S/C20H23ClFN3O2/c1-2-25(13-19(26)23-11-15-6-8-18(22)9-7-15)14-20(27)24-12-16-4-3-5-17(21)10-16/h3-10H,2,11-14H2,1H3,(H,23,26)(H,24,27). The van der Waals surface area contributed by atoms with Crippen LogP contribution in [0.2, 0.25) is 5.02 Å². The molecule has 0 bridgehead atoms. The molecule has 0 saturated heterocycles. The molecule has 0 aliphatic carbocycles. The smallest absolute Gasteiger partial charge is 0.234 e. The molecule has 2 N–H and O–H groups in total. The highest BCUT2D eigenvalue weighted by Crippen LogP contribution is 2.10. The second-order valence-electron chi connectivity index (χ2n) is 6.11. The zero-order valence-electron chi connectivity index (χ0n) is 15.2. The largest absolute Gasteiger partial charge is 0.351 e. The molecule has 5 nitrogen and oxygen atoms in total. The summed E-state index contributed by atoms with van der Waals surface area (Å²) in [6.07, 6.45) is 0. The van der Waals surface area contributed by atoms with Gasteiger partial charge in [-0.25, -0.2) is 4.39 Å². The Bertz CT molecular complexity index is 768. The van der Waals surface area contributed by atoms with Gasteiger partial charge in [-0.3, -0.25) is 14.5 Å². The number of carbonyl (C=O) groups is 2. The van der Waals surface area contributed by atoms with Crippen molar-refractivity contribution in [1.29, 1.82) is 0 Å². The Kier molecular flexibility index (Phi) is 8.23. The molecule has 0 spiro atoms. The van der Waals surface area contributed by atoms with Gasteiger partial charge in [-0.05, 0) is 41.9 Å². The van der Waals surface area contributed by atoms with Gasteiger partial charge in [0.05, 0.1) is 13.1 Å². The highest BCUT2D eigenvalue weighted by atomic mass is 35.5. The fraction of sp³-hybridized carbons (Fsp3) is 0.300. The van der Waals surface area contributed by atoms with Crippen LogP contribution >= 0.6 is 11.6 Å². The average molecular weight is 392 g/mol. The minimum Gasteiger partial charge on any atom is -0.351 e. The summed E-state index contributed by atoms with van der Waals surface area (Å²) in [5, 5.41) is 6.21. The molecule has 2 rings (SSSR count). The Morgan fingerprint density at radius 2 is 1.56 bits per heavy atom. The van der Waals surface area contributed by atoms with Gasteiger partial charge in [0.25, 0.3) is 0 Å². The van der Waals surface area contributed by atoms with E-state index in [1.807, 2.05) is 19.1 Å². The molecule has 0 heterocycles. The van der Waals surface area contributed by atoms with Gasteiger partial charge in [-0.2, -0.15) is 0 Å². The lowest BCUT2D eigenvalue weighted by Crippen LogP contribution is -2.42. The predicted octanol–water partition coefficient (Wildman–Crippen LogP) is 2.73. The van der Waals surface area contributed by atoms with Crippen molar-refractivity contribution in [2.75, 3.05) is 19.6 Å². The number of benzene rings is 2.